The monoisotopic (exact) mass is 408 g/mol. The van der Waals surface area contributed by atoms with Gasteiger partial charge in [-0.3, -0.25) is 14.2 Å². The molecular formula is C22H24N4O2S. The molecule has 0 unspecified atom stereocenters. The molecule has 0 atom stereocenters. The van der Waals surface area contributed by atoms with E-state index in [4.69, 9.17) is 0 Å². The van der Waals surface area contributed by atoms with E-state index in [1.54, 1.807) is 31.4 Å². The molecule has 0 aliphatic rings. The number of hydrogen-bond acceptors (Lipinski definition) is 4. The summed E-state index contributed by atoms with van der Waals surface area (Å²) in [5.74, 6) is -0.0427. The Labute approximate surface area is 174 Å². The SMILES string of the molecule is CNC(=O)c1ccc(NC(=O)CSc2nccn2-c2cc(C)cc(C)c2)c(C)c1. The van der Waals surface area contributed by atoms with Crippen molar-refractivity contribution in [2.75, 3.05) is 18.1 Å². The van der Waals surface area contributed by atoms with E-state index in [9.17, 15) is 9.59 Å². The quantitative estimate of drug-likeness (QED) is 0.607. The maximum atomic E-state index is 12.4. The number of carbonyl (C=O) groups excluding carboxylic acids is 2. The highest BCUT2D eigenvalue weighted by Crippen LogP contribution is 2.23. The Hall–Kier alpha value is -3.06. The molecule has 29 heavy (non-hydrogen) atoms. The Morgan fingerprint density at radius 2 is 1.79 bits per heavy atom. The van der Waals surface area contributed by atoms with Crippen LogP contribution in [-0.2, 0) is 4.79 Å². The molecule has 0 radical (unpaired) electrons. The van der Waals surface area contributed by atoms with Crippen LogP contribution in [0.4, 0.5) is 5.69 Å². The smallest absolute Gasteiger partial charge is 0.251 e. The summed E-state index contributed by atoms with van der Waals surface area (Å²) in [4.78, 5) is 28.5. The highest BCUT2D eigenvalue weighted by Gasteiger charge is 2.12. The first-order valence-electron chi connectivity index (χ1n) is 9.25. The van der Waals surface area contributed by atoms with Gasteiger partial charge in [-0.2, -0.15) is 0 Å². The second-order valence-corrected chi connectivity index (χ2v) is 7.81. The van der Waals surface area contributed by atoms with Gasteiger partial charge >= 0.3 is 0 Å². The first-order valence-corrected chi connectivity index (χ1v) is 10.2. The van der Waals surface area contributed by atoms with Crippen molar-refractivity contribution in [3.05, 3.63) is 71.0 Å². The molecule has 7 heteroatoms. The molecule has 0 saturated carbocycles. The molecular weight excluding hydrogens is 384 g/mol. The molecule has 0 fully saturated rings. The molecule has 3 aromatic rings. The van der Waals surface area contributed by atoms with Crippen LogP contribution in [0.3, 0.4) is 0 Å². The maximum absolute atomic E-state index is 12.4. The number of imidazole rings is 1. The molecule has 2 N–H and O–H groups in total. The second kappa shape index (κ2) is 8.96. The lowest BCUT2D eigenvalue weighted by Crippen LogP contribution is -2.19. The number of thioether (sulfide) groups is 1. The van der Waals surface area contributed by atoms with Gasteiger partial charge in [0.1, 0.15) is 0 Å². The van der Waals surface area contributed by atoms with Gasteiger partial charge in [0.05, 0.1) is 5.75 Å². The summed E-state index contributed by atoms with van der Waals surface area (Å²) >= 11 is 1.38. The lowest BCUT2D eigenvalue weighted by atomic mass is 10.1. The third-order valence-electron chi connectivity index (χ3n) is 4.41. The largest absolute Gasteiger partial charge is 0.355 e. The van der Waals surface area contributed by atoms with E-state index in [2.05, 4.69) is 47.7 Å². The molecule has 3 rings (SSSR count). The minimum Gasteiger partial charge on any atom is -0.355 e. The third-order valence-corrected chi connectivity index (χ3v) is 5.38. The van der Waals surface area contributed by atoms with Crippen LogP contribution in [0.15, 0.2) is 53.9 Å². The van der Waals surface area contributed by atoms with Crippen molar-refractivity contribution >= 4 is 29.3 Å². The normalized spacial score (nSPS) is 10.6. The van der Waals surface area contributed by atoms with E-state index in [1.807, 2.05) is 17.7 Å². The van der Waals surface area contributed by atoms with E-state index in [0.717, 1.165) is 16.4 Å². The van der Waals surface area contributed by atoms with E-state index in [0.29, 0.717) is 11.3 Å². The Kier molecular flexibility index (Phi) is 6.39. The van der Waals surface area contributed by atoms with Crippen LogP contribution in [-0.4, -0.2) is 34.2 Å². The van der Waals surface area contributed by atoms with Crippen LogP contribution < -0.4 is 10.6 Å². The molecule has 150 valence electrons. The highest BCUT2D eigenvalue weighted by atomic mass is 32.2. The van der Waals surface area contributed by atoms with Crippen LogP contribution in [0.5, 0.6) is 0 Å². The van der Waals surface area contributed by atoms with E-state index >= 15 is 0 Å². The summed E-state index contributed by atoms with van der Waals surface area (Å²) in [5.41, 5.74) is 5.48. The van der Waals surface area contributed by atoms with Gasteiger partial charge in [-0.15, -0.1) is 0 Å². The first-order chi connectivity index (χ1) is 13.9. The summed E-state index contributed by atoms with van der Waals surface area (Å²) < 4.78 is 1.99. The molecule has 6 nitrogen and oxygen atoms in total. The van der Waals surface area contributed by atoms with Crippen molar-refractivity contribution in [3.8, 4) is 5.69 Å². The summed E-state index contributed by atoms with van der Waals surface area (Å²) in [6.07, 6.45) is 3.63. The number of nitrogens with zero attached hydrogens (tertiary/aromatic N) is 2. The van der Waals surface area contributed by atoms with Crippen molar-refractivity contribution in [3.63, 3.8) is 0 Å². The zero-order valence-corrected chi connectivity index (χ0v) is 17.8. The minimum absolute atomic E-state index is 0.124. The number of benzene rings is 2. The number of anilines is 1. The molecule has 0 saturated heterocycles. The average molecular weight is 409 g/mol. The number of rotatable bonds is 6. The Morgan fingerprint density at radius 3 is 2.45 bits per heavy atom. The van der Waals surface area contributed by atoms with Crippen molar-refractivity contribution in [2.24, 2.45) is 0 Å². The maximum Gasteiger partial charge on any atom is 0.251 e. The molecule has 0 aliphatic carbocycles. The van der Waals surface area contributed by atoms with Gasteiger partial charge in [0.2, 0.25) is 5.91 Å². The summed E-state index contributed by atoms with van der Waals surface area (Å²) in [6, 6.07) is 11.5. The van der Waals surface area contributed by atoms with Gasteiger partial charge in [-0.05, 0) is 67.8 Å². The second-order valence-electron chi connectivity index (χ2n) is 6.87. The Bertz CT molecular complexity index is 1040. The van der Waals surface area contributed by atoms with Crippen molar-refractivity contribution in [1.29, 1.82) is 0 Å². The predicted molar refractivity (Wildman–Crippen MR) is 117 cm³/mol. The van der Waals surface area contributed by atoms with Crippen LogP contribution in [0.25, 0.3) is 5.69 Å². The third kappa shape index (κ3) is 5.06. The number of aryl methyl sites for hydroxylation is 3. The van der Waals surface area contributed by atoms with Crippen LogP contribution in [0, 0.1) is 20.8 Å². The molecule has 2 aromatic carbocycles. The molecule has 0 spiro atoms. The summed E-state index contributed by atoms with van der Waals surface area (Å²) in [5, 5.41) is 6.26. The number of aromatic nitrogens is 2. The fraction of sp³-hybridized carbons (Fsp3) is 0.227. The standard InChI is InChI=1S/C22H24N4O2S/c1-14-9-15(2)11-18(10-14)26-8-7-24-22(26)29-13-20(27)25-19-6-5-17(12-16(19)3)21(28)23-4/h5-12H,13H2,1-4H3,(H,23,28)(H,25,27). The first kappa shape index (κ1) is 20.7. The van der Waals surface area contributed by atoms with E-state index in [-0.39, 0.29) is 17.6 Å². The van der Waals surface area contributed by atoms with Crippen molar-refractivity contribution in [2.45, 2.75) is 25.9 Å². The van der Waals surface area contributed by atoms with Crippen LogP contribution in [0.2, 0.25) is 0 Å². The fourth-order valence-electron chi connectivity index (χ4n) is 3.09. The summed E-state index contributed by atoms with van der Waals surface area (Å²) in [7, 11) is 1.59. The van der Waals surface area contributed by atoms with Gasteiger partial charge in [0.25, 0.3) is 5.91 Å². The minimum atomic E-state index is -0.153. The van der Waals surface area contributed by atoms with Crippen molar-refractivity contribution < 1.29 is 9.59 Å². The van der Waals surface area contributed by atoms with Gasteiger partial charge in [0.15, 0.2) is 5.16 Å². The van der Waals surface area contributed by atoms with E-state index < -0.39 is 0 Å². The number of amides is 2. The van der Waals surface area contributed by atoms with Gasteiger partial charge < -0.3 is 10.6 Å². The van der Waals surface area contributed by atoms with Gasteiger partial charge in [-0.25, -0.2) is 4.98 Å². The zero-order valence-electron chi connectivity index (χ0n) is 16.9. The number of carbonyl (C=O) groups is 2. The van der Waals surface area contributed by atoms with Gasteiger partial charge in [0, 0.05) is 36.4 Å². The van der Waals surface area contributed by atoms with Gasteiger partial charge in [-0.1, -0.05) is 17.8 Å². The highest BCUT2D eigenvalue weighted by molar-refractivity contribution is 7.99. The van der Waals surface area contributed by atoms with E-state index in [1.165, 1.54) is 22.9 Å². The Morgan fingerprint density at radius 1 is 1.07 bits per heavy atom. The molecule has 0 aliphatic heterocycles. The van der Waals surface area contributed by atoms with Crippen molar-refractivity contribution in [1.82, 2.24) is 14.9 Å². The predicted octanol–water partition coefficient (Wildman–Crippen LogP) is 3.89. The summed E-state index contributed by atoms with van der Waals surface area (Å²) in [6.45, 7) is 5.98. The van der Waals surface area contributed by atoms with Crippen LogP contribution >= 0.6 is 11.8 Å². The molecule has 1 heterocycles. The average Bonchev–Trinajstić information content (AvgIpc) is 3.15. The van der Waals surface area contributed by atoms with Crippen LogP contribution in [0.1, 0.15) is 27.0 Å². The molecule has 0 bridgehead atoms. The lowest BCUT2D eigenvalue weighted by molar-refractivity contribution is -0.113. The Balaban J connectivity index is 1.66. The molecule has 2 amide bonds. The lowest BCUT2D eigenvalue weighted by Gasteiger charge is -2.11. The topological polar surface area (TPSA) is 76.0 Å². The number of nitrogens with one attached hydrogen (secondary N) is 2. The number of hydrogen-bond donors (Lipinski definition) is 2. The fourth-order valence-corrected chi connectivity index (χ4v) is 3.86. The molecule has 1 aromatic heterocycles. The zero-order chi connectivity index (χ0) is 21.0.